The molecule has 9 heavy (non-hydrogen) atoms. The zero-order valence-electron chi connectivity index (χ0n) is 4.92. The Kier molecular flexibility index (Phi) is 0.704. The van der Waals surface area contributed by atoms with Crippen LogP contribution >= 0.6 is 0 Å². The van der Waals surface area contributed by atoms with Crippen LogP contribution in [0.3, 0.4) is 0 Å². The molecule has 46 valence electrons. The van der Waals surface area contributed by atoms with Crippen LogP contribution in [-0.4, -0.2) is 5.16 Å². The number of aromatic nitrogens is 1. The molecule has 0 atom stereocenters. The largest absolute Gasteiger partial charge is 0.459 e. The van der Waals surface area contributed by atoms with E-state index in [1.807, 2.05) is 6.92 Å². The number of hydrogen-bond donors (Lipinski definition) is 0. The van der Waals surface area contributed by atoms with E-state index in [1.165, 1.54) is 0 Å². The third-order valence-electron chi connectivity index (χ3n) is 1.24. The molecule has 0 aliphatic heterocycles. The van der Waals surface area contributed by atoms with Crippen molar-refractivity contribution in [2.45, 2.75) is 6.92 Å². The Morgan fingerprint density at radius 2 is 2.44 bits per heavy atom. The molecule has 0 saturated carbocycles. The minimum absolute atomic E-state index is 0.715. The summed E-state index contributed by atoms with van der Waals surface area (Å²) in [6.45, 7) is 1.84. The normalized spacial score (nSPS) is 10.8. The number of fused-ring (bicyclic) bond motifs is 1. The van der Waals surface area contributed by atoms with Crippen molar-refractivity contribution >= 4 is 11.2 Å². The van der Waals surface area contributed by atoms with Gasteiger partial charge in [0.15, 0.2) is 5.58 Å². The van der Waals surface area contributed by atoms with Gasteiger partial charge in [0, 0.05) is 6.07 Å². The predicted molar refractivity (Wildman–Crippen MR) is 31.0 cm³/mol. The van der Waals surface area contributed by atoms with Crippen molar-refractivity contribution in [3.8, 4) is 0 Å². The Labute approximate surface area is 51.2 Å². The first-order chi connectivity index (χ1) is 4.38. The number of nitrogens with zero attached hydrogens (tertiary/aromatic N) is 1. The van der Waals surface area contributed by atoms with Crippen LogP contribution in [0, 0.1) is 6.92 Å². The van der Waals surface area contributed by atoms with E-state index in [4.69, 9.17) is 8.94 Å². The van der Waals surface area contributed by atoms with Gasteiger partial charge < -0.3 is 8.94 Å². The third-order valence-corrected chi connectivity index (χ3v) is 1.24. The lowest BCUT2D eigenvalue weighted by Gasteiger charge is -1.71. The summed E-state index contributed by atoms with van der Waals surface area (Å²) in [7, 11) is 0. The fraction of sp³-hybridized carbons (Fsp3) is 0.167. The summed E-state index contributed by atoms with van der Waals surface area (Å²) in [6, 6.07) is 1.75. The van der Waals surface area contributed by atoms with Crippen LogP contribution in [-0.2, 0) is 0 Å². The lowest BCUT2D eigenvalue weighted by Crippen LogP contribution is -1.63. The molecule has 0 unspecified atom stereocenters. The average Bonchev–Trinajstić information content (AvgIpc) is 2.35. The molecule has 0 N–H and O–H groups in total. The van der Waals surface area contributed by atoms with E-state index in [0.717, 1.165) is 11.3 Å². The van der Waals surface area contributed by atoms with Crippen LogP contribution in [0.4, 0.5) is 0 Å². The molecule has 0 aliphatic rings. The highest BCUT2D eigenvalue weighted by atomic mass is 16.5. The Balaban J connectivity index is 2.99. The quantitative estimate of drug-likeness (QED) is 0.535. The van der Waals surface area contributed by atoms with Gasteiger partial charge in [0.25, 0.3) is 0 Å². The summed E-state index contributed by atoms with van der Waals surface area (Å²) in [6.07, 6.45) is 1.59. The smallest absolute Gasteiger partial charge is 0.205 e. The molecule has 0 aromatic carbocycles. The number of furan rings is 1. The first-order valence-electron chi connectivity index (χ1n) is 2.67. The van der Waals surface area contributed by atoms with Crippen molar-refractivity contribution in [2.75, 3.05) is 0 Å². The molecule has 0 spiro atoms. The van der Waals surface area contributed by atoms with E-state index in [0.29, 0.717) is 5.58 Å². The van der Waals surface area contributed by atoms with Crippen molar-refractivity contribution in [2.24, 2.45) is 0 Å². The number of hydrogen-bond acceptors (Lipinski definition) is 3. The maximum Gasteiger partial charge on any atom is 0.205 e. The number of rotatable bonds is 0. The molecule has 2 heterocycles. The van der Waals surface area contributed by atoms with E-state index >= 15 is 0 Å². The molecule has 2 aromatic rings. The van der Waals surface area contributed by atoms with Crippen LogP contribution in [0.1, 0.15) is 5.69 Å². The Bertz CT molecular complexity index is 320. The van der Waals surface area contributed by atoms with Crippen molar-refractivity contribution in [1.29, 1.82) is 0 Å². The van der Waals surface area contributed by atoms with Crippen molar-refractivity contribution < 1.29 is 8.94 Å². The van der Waals surface area contributed by atoms with Gasteiger partial charge in [0.2, 0.25) is 5.58 Å². The van der Waals surface area contributed by atoms with Crippen LogP contribution in [0.15, 0.2) is 21.3 Å². The molecule has 2 rings (SSSR count). The standard InChI is InChI=1S/C6H5NO2/c1-4-6-5(9-7-4)2-3-8-6/h2-3H,1H3. The van der Waals surface area contributed by atoms with E-state index in [1.54, 1.807) is 12.3 Å². The zero-order valence-corrected chi connectivity index (χ0v) is 4.92. The molecule has 0 aliphatic carbocycles. The summed E-state index contributed by atoms with van der Waals surface area (Å²) in [5, 5.41) is 3.69. The molecule has 0 bridgehead atoms. The van der Waals surface area contributed by atoms with Crippen molar-refractivity contribution in [3.05, 3.63) is 18.0 Å². The van der Waals surface area contributed by atoms with Crippen LogP contribution in [0.2, 0.25) is 0 Å². The zero-order chi connectivity index (χ0) is 6.27. The van der Waals surface area contributed by atoms with E-state index in [-0.39, 0.29) is 0 Å². The SMILES string of the molecule is Cc1noc2ccoc12. The summed E-state index contributed by atoms with van der Waals surface area (Å²) >= 11 is 0. The molecule has 3 nitrogen and oxygen atoms in total. The summed E-state index contributed by atoms with van der Waals surface area (Å²) in [5.41, 5.74) is 2.26. The second-order valence-electron chi connectivity index (χ2n) is 1.88. The Hall–Kier alpha value is -1.25. The highest BCUT2D eigenvalue weighted by Crippen LogP contribution is 2.17. The van der Waals surface area contributed by atoms with Crippen LogP contribution in [0.25, 0.3) is 11.2 Å². The minimum atomic E-state index is 0.715. The van der Waals surface area contributed by atoms with Gasteiger partial charge in [0.1, 0.15) is 5.69 Å². The maximum absolute atomic E-state index is 5.03. The fourth-order valence-electron chi connectivity index (χ4n) is 0.792. The monoisotopic (exact) mass is 123 g/mol. The van der Waals surface area contributed by atoms with Gasteiger partial charge in [-0.3, -0.25) is 0 Å². The van der Waals surface area contributed by atoms with Gasteiger partial charge in [-0.15, -0.1) is 0 Å². The summed E-state index contributed by atoms with van der Waals surface area (Å²) in [4.78, 5) is 0. The van der Waals surface area contributed by atoms with Gasteiger partial charge in [-0.1, -0.05) is 5.16 Å². The minimum Gasteiger partial charge on any atom is -0.459 e. The lowest BCUT2D eigenvalue weighted by atomic mass is 10.4. The van der Waals surface area contributed by atoms with E-state index < -0.39 is 0 Å². The second kappa shape index (κ2) is 1.37. The Morgan fingerprint density at radius 3 is 3.22 bits per heavy atom. The summed E-state index contributed by atoms with van der Waals surface area (Å²) < 4.78 is 9.88. The van der Waals surface area contributed by atoms with Crippen molar-refractivity contribution in [1.82, 2.24) is 5.16 Å². The number of aryl methyl sites for hydroxylation is 1. The van der Waals surface area contributed by atoms with E-state index in [2.05, 4.69) is 5.16 Å². The second-order valence-corrected chi connectivity index (χ2v) is 1.88. The molecular weight excluding hydrogens is 118 g/mol. The molecular formula is C6H5NO2. The maximum atomic E-state index is 5.03. The van der Waals surface area contributed by atoms with Gasteiger partial charge in [-0.2, -0.15) is 0 Å². The first kappa shape index (κ1) is 4.61. The van der Waals surface area contributed by atoms with Gasteiger partial charge in [-0.25, -0.2) is 0 Å². The van der Waals surface area contributed by atoms with Crippen LogP contribution in [0.5, 0.6) is 0 Å². The van der Waals surface area contributed by atoms with Crippen molar-refractivity contribution in [3.63, 3.8) is 0 Å². The Morgan fingerprint density at radius 1 is 1.56 bits per heavy atom. The molecule has 0 fully saturated rings. The molecule has 0 amide bonds. The van der Waals surface area contributed by atoms with Gasteiger partial charge in [0.05, 0.1) is 6.26 Å². The van der Waals surface area contributed by atoms with E-state index in [9.17, 15) is 0 Å². The van der Waals surface area contributed by atoms with Gasteiger partial charge >= 0.3 is 0 Å². The molecule has 2 aromatic heterocycles. The molecule has 0 radical (unpaired) electrons. The van der Waals surface area contributed by atoms with Gasteiger partial charge in [-0.05, 0) is 6.92 Å². The lowest BCUT2D eigenvalue weighted by molar-refractivity contribution is 0.450. The topological polar surface area (TPSA) is 39.2 Å². The van der Waals surface area contributed by atoms with Crippen LogP contribution < -0.4 is 0 Å². The highest BCUT2D eigenvalue weighted by Gasteiger charge is 2.04. The molecule has 0 saturated heterocycles. The predicted octanol–water partition coefficient (Wildman–Crippen LogP) is 1.73. The average molecular weight is 123 g/mol. The first-order valence-corrected chi connectivity index (χ1v) is 2.67. The third kappa shape index (κ3) is 0.483. The molecule has 3 heteroatoms. The highest BCUT2D eigenvalue weighted by molar-refractivity contribution is 5.71. The summed E-state index contributed by atoms with van der Waals surface area (Å²) in [5.74, 6) is 0. The fourth-order valence-corrected chi connectivity index (χ4v) is 0.792.